The molecular weight excluding hydrogens is 196 g/mol. The molecule has 0 unspecified atom stereocenters. The first-order valence-corrected chi connectivity index (χ1v) is 5.65. The van der Waals surface area contributed by atoms with Crippen LogP contribution >= 0.6 is 0 Å². The van der Waals surface area contributed by atoms with E-state index in [9.17, 15) is 0 Å². The molecule has 0 atom stereocenters. The Balaban J connectivity index is 0.000000423. The Bertz CT molecular complexity index is 174. The molecule has 15 heavy (non-hydrogen) atoms. The van der Waals surface area contributed by atoms with Gasteiger partial charge in [-0.1, -0.05) is 6.92 Å². The standard InChI is InChI=1S/C10H22N.NO3/c1-3-8-11(2)9-6-4-5-7-10-11;2-1(3)4/h3-10H2,1-2H3;/q+1;-1. The van der Waals surface area contributed by atoms with Crippen LogP contribution in [0.3, 0.4) is 0 Å². The molecule has 1 rings (SSSR count). The molecule has 1 aliphatic rings. The van der Waals surface area contributed by atoms with Crippen molar-refractivity contribution in [2.45, 2.75) is 39.0 Å². The van der Waals surface area contributed by atoms with Crippen LogP contribution in [-0.4, -0.2) is 36.3 Å². The summed E-state index contributed by atoms with van der Waals surface area (Å²) in [5, 5.41) is 14.8. The first-order chi connectivity index (χ1) is 7.00. The molecule has 0 N–H and O–H groups in total. The summed E-state index contributed by atoms with van der Waals surface area (Å²) in [6.45, 7) is 6.54. The van der Waals surface area contributed by atoms with Crippen LogP contribution in [0, 0.1) is 15.3 Å². The van der Waals surface area contributed by atoms with Crippen LogP contribution in [0.2, 0.25) is 0 Å². The maximum atomic E-state index is 8.25. The third-order valence-corrected chi connectivity index (χ3v) is 2.91. The second kappa shape index (κ2) is 7.45. The molecule has 1 heterocycles. The zero-order chi connectivity index (χ0) is 11.7. The van der Waals surface area contributed by atoms with E-state index in [-0.39, 0.29) is 0 Å². The topological polar surface area (TPSA) is 66.2 Å². The molecule has 0 amide bonds. The summed E-state index contributed by atoms with van der Waals surface area (Å²) >= 11 is 0. The first-order valence-electron chi connectivity index (χ1n) is 5.65. The Kier molecular flexibility index (Phi) is 7.03. The second-order valence-electron chi connectivity index (χ2n) is 4.43. The van der Waals surface area contributed by atoms with E-state index in [1.54, 1.807) is 0 Å². The van der Waals surface area contributed by atoms with Crippen LogP contribution in [0.25, 0.3) is 0 Å². The van der Waals surface area contributed by atoms with Crippen molar-refractivity contribution in [3.8, 4) is 0 Å². The van der Waals surface area contributed by atoms with Gasteiger partial charge in [0.15, 0.2) is 0 Å². The van der Waals surface area contributed by atoms with Gasteiger partial charge >= 0.3 is 0 Å². The van der Waals surface area contributed by atoms with Gasteiger partial charge < -0.3 is 19.8 Å². The molecule has 0 aromatic carbocycles. The van der Waals surface area contributed by atoms with Gasteiger partial charge in [-0.15, -0.1) is 0 Å². The van der Waals surface area contributed by atoms with Gasteiger partial charge in [-0.05, 0) is 32.1 Å². The van der Waals surface area contributed by atoms with Crippen molar-refractivity contribution in [2.75, 3.05) is 26.7 Å². The lowest BCUT2D eigenvalue weighted by atomic mass is 10.2. The Hall–Kier alpha value is -0.840. The van der Waals surface area contributed by atoms with Gasteiger partial charge in [-0.25, -0.2) is 0 Å². The third kappa shape index (κ3) is 8.17. The van der Waals surface area contributed by atoms with Gasteiger partial charge in [0.2, 0.25) is 0 Å². The monoisotopic (exact) mass is 218 g/mol. The molecule has 5 heteroatoms. The molecule has 90 valence electrons. The number of rotatable bonds is 2. The lowest BCUT2D eigenvalue weighted by Gasteiger charge is -2.32. The number of nitrogens with zero attached hydrogens (tertiary/aromatic N) is 2. The number of hydrogen-bond acceptors (Lipinski definition) is 3. The van der Waals surface area contributed by atoms with Gasteiger partial charge in [-0.3, -0.25) is 0 Å². The summed E-state index contributed by atoms with van der Waals surface area (Å²) < 4.78 is 1.34. The largest absolute Gasteiger partial charge is 0.356 e. The van der Waals surface area contributed by atoms with Crippen LogP contribution in [0.15, 0.2) is 0 Å². The fourth-order valence-electron chi connectivity index (χ4n) is 2.22. The van der Waals surface area contributed by atoms with Crippen molar-refractivity contribution < 1.29 is 9.57 Å². The minimum Gasteiger partial charge on any atom is -0.356 e. The Labute approximate surface area is 91.4 Å². The molecule has 5 nitrogen and oxygen atoms in total. The molecule has 0 saturated carbocycles. The zero-order valence-corrected chi connectivity index (χ0v) is 9.78. The van der Waals surface area contributed by atoms with Crippen LogP contribution in [0.4, 0.5) is 0 Å². The maximum Gasteiger partial charge on any atom is 0.0784 e. The summed E-state index contributed by atoms with van der Waals surface area (Å²) in [5.74, 6) is 0. The second-order valence-corrected chi connectivity index (χ2v) is 4.43. The SMILES string of the molecule is CCC[N+]1(C)CCCCCC1.O=[N+]([O-])[O-]. The molecule has 0 aromatic heterocycles. The minimum atomic E-state index is -1.75. The van der Waals surface area contributed by atoms with Gasteiger partial charge in [0, 0.05) is 0 Å². The normalized spacial score (nSPS) is 19.6. The molecule has 0 bridgehead atoms. The van der Waals surface area contributed by atoms with Crippen LogP contribution in [0.1, 0.15) is 39.0 Å². The van der Waals surface area contributed by atoms with Crippen molar-refractivity contribution >= 4 is 0 Å². The third-order valence-electron chi connectivity index (χ3n) is 2.91. The van der Waals surface area contributed by atoms with Crippen LogP contribution in [-0.2, 0) is 0 Å². The maximum absolute atomic E-state index is 8.25. The minimum absolute atomic E-state index is 1.34. The van der Waals surface area contributed by atoms with Crippen molar-refractivity contribution in [1.82, 2.24) is 0 Å². The average Bonchev–Trinajstić information content (AvgIpc) is 2.29. The quantitative estimate of drug-likeness (QED) is 0.405. The highest BCUT2D eigenvalue weighted by Crippen LogP contribution is 2.16. The van der Waals surface area contributed by atoms with Crippen LogP contribution in [0.5, 0.6) is 0 Å². The van der Waals surface area contributed by atoms with Gasteiger partial charge in [-0.2, -0.15) is 0 Å². The van der Waals surface area contributed by atoms with Crippen molar-refractivity contribution in [3.63, 3.8) is 0 Å². The number of quaternary nitrogens is 1. The van der Waals surface area contributed by atoms with Gasteiger partial charge in [0.05, 0.1) is 31.8 Å². The average molecular weight is 218 g/mol. The molecule has 1 aliphatic heterocycles. The molecule has 0 radical (unpaired) electrons. The Morgan fingerprint density at radius 3 is 1.87 bits per heavy atom. The first kappa shape index (κ1) is 14.2. The van der Waals surface area contributed by atoms with Gasteiger partial charge in [0.25, 0.3) is 0 Å². The molecule has 1 saturated heterocycles. The highest BCUT2D eigenvalue weighted by Gasteiger charge is 2.21. The fourth-order valence-corrected chi connectivity index (χ4v) is 2.22. The van der Waals surface area contributed by atoms with E-state index >= 15 is 0 Å². The van der Waals surface area contributed by atoms with E-state index in [1.807, 2.05) is 0 Å². The van der Waals surface area contributed by atoms with E-state index < -0.39 is 5.09 Å². The Morgan fingerprint density at radius 2 is 1.53 bits per heavy atom. The fraction of sp³-hybridized carbons (Fsp3) is 1.00. The molecular formula is C10H22N2O3. The highest BCUT2D eigenvalue weighted by molar-refractivity contribution is 4.50. The van der Waals surface area contributed by atoms with E-state index in [1.165, 1.54) is 56.2 Å². The smallest absolute Gasteiger partial charge is 0.0784 e. The molecule has 0 aliphatic carbocycles. The lowest BCUT2D eigenvalue weighted by molar-refractivity contribution is -0.908. The molecule has 0 aromatic rings. The summed E-state index contributed by atoms with van der Waals surface area (Å²) in [6.07, 6.45) is 7.19. The predicted molar refractivity (Wildman–Crippen MR) is 59.9 cm³/mol. The summed E-state index contributed by atoms with van der Waals surface area (Å²) in [7, 11) is 2.43. The van der Waals surface area contributed by atoms with Crippen molar-refractivity contribution in [3.05, 3.63) is 15.3 Å². The lowest BCUT2D eigenvalue weighted by Crippen LogP contribution is -2.45. The highest BCUT2D eigenvalue weighted by atomic mass is 16.9. The summed E-state index contributed by atoms with van der Waals surface area (Å²) in [6, 6.07) is 0. The van der Waals surface area contributed by atoms with E-state index in [0.717, 1.165) is 0 Å². The Morgan fingerprint density at radius 1 is 1.13 bits per heavy atom. The number of hydrogen-bond donors (Lipinski definition) is 0. The van der Waals surface area contributed by atoms with Crippen molar-refractivity contribution in [1.29, 1.82) is 0 Å². The van der Waals surface area contributed by atoms with Gasteiger partial charge in [0.1, 0.15) is 0 Å². The van der Waals surface area contributed by atoms with E-state index in [4.69, 9.17) is 15.3 Å². The van der Waals surface area contributed by atoms with Crippen LogP contribution < -0.4 is 0 Å². The molecule has 1 fully saturated rings. The van der Waals surface area contributed by atoms with E-state index in [0.29, 0.717) is 0 Å². The van der Waals surface area contributed by atoms with E-state index in [2.05, 4.69) is 14.0 Å². The summed E-state index contributed by atoms with van der Waals surface area (Å²) in [4.78, 5) is 8.25. The van der Waals surface area contributed by atoms with Crippen molar-refractivity contribution in [2.24, 2.45) is 0 Å². The number of likely N-dealkylation sites (tertiary alicyclic amines) is 1. The predicted octanol–water partition coefficient (Wildman–Crippen LogP) is 2.18. The summed E-state index contributed by atoms with van der Waals surface area (Å²) in [5.41, 5.74) is 0. The zero-order valence-electron chi connectivity index (χ0n) is 9.78. The molecule has 0 spiro atoms.